The molecule has 2 aliphatic heterocycles. The van der Waals surface area contributed by atoms with E-state index < -0.39 is 40.9 Å². The number of nitrogens with one attached hydrogen (secondary N) is 1. The van der Waals surface area contributed by atoms with Gasteiger partial charge in [0, 0.05) is 31.6 Å². The number of hydrogen-bond donors (Lipinski definition) is 2. The molecule has 3 rings (SSSR count). The Morgan fingerprint density at radius 3 is 2.26 bits per heavy atom. The first kappa shape index (κ1) is 26.8. The molecule has 192 valence electrons. The standard InChI is InChI=1S/C22H30N4O8S/c1-12(27)15(24-17(28)9-23)11-35-16-8-20(31)25(21(16)32)10-13-2-4-14(5-3-13)22(33)34-26-18(29)6-7-19(26)30/h13-16H,2-11,23H2,1H3,(H,24,28). The minimum atomic E-state index is -0.783. The Morgan fingerprint density at radius 1 is 1.06 bits per heavy atom. The molecule has 2 unspecified atom stereocenters. The van der Waals surface area contributed by atoms with Gasteiger partial charge < -0.3 is 15.9 Å². The van der Waals surface area contributed by atoms with Crippen molar-refractivity contribution in [1.82, 2.24) is 15.3 Å². The number of likely N-dealkylation sites (tertiary alicyclic amines) is 1. The summed E-state index contributed by atoms with van der Waals surface area (Å²) in [6, 6.07) is -0.783. The molecule has 1 saturated carbocycles. The molecule has 0 radical (unpaired) electrons. The highest BCUT2D eigenvalue weighted by Crippen LogP contribution is 2.33. The maximum absolute atomic E-state index is 12.8. The number of Topliss-reactive ketones (excluding diaryl/α,β-unsaturated/α-hetero) is 1. The Hall–Kier alpha value is -2.80. The highest BCUT2D eigenvalue weighted by Gasteiger charge is 2.41. The van der Waals surface area contributed by atoms with Crippen molar-refractivity contribution in [3.05, 3.63) is 0 Å². The molecule has 0 spiro atoms. The molecule has 0 aromatic rings. The summed E-state index contributed by atoms with van der Waals surface area (Å²) in [7, 11) is 0. The molecule has 0 bridgehead atoms. The van der Waals surface area contributed by atoms with E-state index in [1.807, 2.05) is 0 Å². The first-order valence-electron chi connectivity index (χ1n) is 11.6. The first-order valence-corrected chi connectivity index (χ1v) is 12.7. The normalized spacial score (nSPS) is 25.7. The molecule has 2 heterocycles. The number of hydroxylamine groups is 2. The average Bonchev–Trinajstić information content (AvgIpc) is 3.29. The van der Waals surface area contributed by atoms with Gasteiger partial charge in [-0.15, -0.1) is 16.8 Å². The van der Waals surface area contributed by atoms with Crippen molar-refractivity contribution in [3.8, 4) is 0 Å². The van der Waals surface area contributed by atoms with Crippen LogP contribution in [0.15, 0.2) is 0 Å². The third-order valence-corrected chi connectivity index (χ3v) is 7.78. The monoisotopic (exact) mass is 510 g/mol. The minimum Gasteiger partial charge on any atom is -0.344 e. The van der Waals surface area contributed by atoms with Crippen LogP contribution in [0.2, 0.25) is 0 Å². The molecule has 0 aromatic heterocycles. The maximum Gasteiger partial charge on any atom is 0.336 e. The van der Waals surface area contributed by atoms with Gasteiger partial charge in [-0.25, -0.2) is 4.79 Å². The van der Waals surface area contributed by atoms with E-state index in [4.69, 9.17) is 10.6 Å². The van der Waals surface area contributed by atoms with E-state index in [1.165, 1.54) is 11.8 Å². The molecule has 0 aromatic carbocycles. The lowest BCUT2D eigenvalue weighted by Crippen LogP contribution is -2.44. The summed E-state index contributed by atoms with van der Waals surface area (Å²) in [5.74, 6) is -3.26. The molecule has 3 N–H and O–H groups in total. The zero-order chi connectivity index (χ0) is 25.7. The van der Waals surface area contributed by atoms with Crippen LogP contribution in [-0.2, 0) is 38.4 Å². The van der Waals surface area contributed by atoms with E-state index >= 15 is 0 Å². The lowest BCUT2D eigenvalue weighted by atomic mass is 9.82. The third kappa shape index (κ3) is 6.66. The van der Waals surface area contributed by atoms with Gasteiger partial charge in [0.2, 0.25) is 17.7 Å². The summed E-state index contributed by atoms with van der Waals surface area (Å²) in [6.07, 6.45) is 2.21. The summed E-state index contributed by atoms with van der Waals surface area (Å²) in [5.41, 5.74) is 5.27. The molecule has 35 heavy (non-hydrogen) atoms. The number of hydrogen-bond acceptors (Lipinski definition) is 10. The van der Waals surface area contributed by atoms with Gasteiger partial charge in [0.05, 0.1) is 23.8 Å². The lowest BCUT2D eigenvalue weighted by molar-refractivity contribution is -0.201. The molecule has 1 aliphatic carbocycles. The average molecular weight is 511 g/mol. The van der Waals surface area contributed by atoms with Gasteiger partial charge in [0.1, 0.15) is 0 Å². The lowest BCUT2D eigenvalue weighted by Gasteiger charge is -2.30. The largest absolute Gasteiger partial charge is 0.344 e. The van der Waals surface area contributed by atoms with Gasteiger partial charge in [0.25, 0.3) is 11.8 Å². The van der Waals surface area contributed by atoms with Gasteiger partial charge in [-0.3, -0.25) is 33.7 Å². The second kappa shape index (κ2) is 11.8. The summed E-state index contributed by atoms with van der Waals surface area (Å²) < 4.78 is 0. The van der Waals surface area contributed by atoms with Crippen LogP contribution in [0.5, 0.6) is 0 Å². The van der Waals surface area contributed by atoms with Gasteiger partial charge >= 0.3 is 5.97 Å². The summed E-state index contributed by atoms with van der Waals surface area (Å²) in [6.45, 7) is 1.33. The molecule has 3 fully saturated rings. The maximum atomic E-state index is 12.8. The minimum absolute atomic E-state index is 0.0263. The van der Waals surface area contributed by atoms with E-state index in [2.05, 4.69) is 5.32 Å². The van der Waals surface area contributed by atoms with Crippen molar-refractivity contribution in [1.29, 1.82) is 0 Å². The Morgan fingerprint density at radius 2 is 1.69 bits per heavy atom. The number of imide groups is 2. The quantitative estimate of drug-likeness (QED) is 0.358. The number of amides is 5. The fourth-order valence-corrected chi connectivity index (χ4v) is 5.64. The number of nitrogens with zero attached hydrogens (tertiary/aromatic N) is 2. The number of nitrogens with two attached hydrogens (primary N) is 1. The smallest absolute Gasteiger partial charge is 0.336 e. The van der Waals surface area contributed by atoms with Crippen LogP contribution >= 0.6 is 11.8 Å². The molecular weight excluding hydrogens is 480 g/mol. The fourth-order valence-electron chi connectivity index (χ4n) is 4.36. The molecule has 2 saturated heterocycles. The zero-order valence-electron chi connectivity index (χ0n) is 19.5. The highest BCUT2D eigenvalue weighted by molar-refractivity contribution is 8.00. The SMILES string of the molecule is CC(=O)C(CSC1CC(=O)N(CC2CCC(C(=O)ON3C(=O)CCC3=O)CC2)C1=O)NC(=O)CN. The van der Waals surface area contributed by atoms with Crippen LogP contribution < -0.4 is 11.1 Å². The van der Waals surface area contributed by atoms with Crippen molar-refractivity contribution >= 4 is 53.1 Å². The third-order valence-electron chi connectivity index (χ3n) is 6.49. The van der Waals surface area contributed by atoms with E-state index in [1.54, 1.807) is 0 Å². The fraction of sp³-hybridized carbons (Fsp3) is 0.682. The van der Waals surface area contributed by atoms with Crippen molar-refractivity contribution in [3.63, 3.8) is 0 Å². The van der Waals surface area contributed by atoms with Gasteiger partial charge in [0.15, 0.2) is 5.78 Å². The summed E-state index contributed by atoms with van der Waals surface area (Å²) >= 11 is 1.16. The highest BCUT2D eigenvalue weighted by atomic mass is 32.2. The Labute approximate surface area is 206 Å². The van der Waals surface area contributed by atoms with E-state index in [-0.39, 0.29) is 61.6 Å². The summed E-state index contributed by atoms with van der Waals surface area (Å²) in [4.78, 5) is 90.5. The van der Waals surface area contributed by atoms with Crippen LogP contribution in [0.1, 0.15) is 51.9 Å². The molecule has 13 heteroatoms. The van der Waals surface area contributed by atoms with Crippen molar-refractivity contribution in [2.75, 3.05) is 18.8 Å². The number of thioether (sulfide) groups is 1. The van der Waals surface area contributed by atoms with Crippen molar-refractivity contribution in [2.24, 2.45) is 17.6 Å². The number of ketones is 1. The van der Waals surface area contributed by atoms with Gasteiger partial charge in [-0.05, 0) is 38.5 Å². The van der Waals surface area contributed by atoms with Crippen LogP contribution in [0.4, 0.5) is 0 Å². The Bertz CT molecular complexity index is 901. The number of carbonyl (C=O) groups excluding carboxylic acids is 7. The molecule has 2 atom stereocenters. The van der Waals surface area contributed by atoms with Crippen LogP contribution in [0.3, 0.4) is 0 Å². The van der Waals surface area contributed by atoms with Crippen LogP contribution in [-0.4, -0.2) is 81.4 Å². The second-order valence-corrected chi connectivity index (χ2v) is 10.2. The van der Waals surface area contributed by atoms with Crippen LogP contribution in [0, 0.1) is 11.8 Å². The van der Waals surface area contributed by atoms with Crippen molar-refractivity contribution in [2.45, 2.75) is 63.2 Å². The first-order chi connectivity index (χ1) is 16.6. The topological polar surface area (TPSA) is 173 Å². The molecule has 5 amide bonds. The van der Waals surface area contributed by atoms with Gasteiger partial charge in [-0.1, -0.05) is 0 Å². The Balaban J connectivity index is 1.45. The molecule has 12 nitrogen and oxygen atoms in total. The predicted octanol–water partition coefficient (Wildman–Crippen LogP) is -0.707. The summed E-state index contributed by atoms with van der Waals surface area (Å²) in [5, 5.41) is 2.43. The van der Waals surface area contributed by atoms with E-state index in [0.717, 1.165) is 11.8 Å². The Kier molecular flexibility index (Phi) is 9.00. The van der Waals surface area contributed by atoms with Crippen molar-refractivity contribution < 1.29 is 38.4 Å². The zero-order valence-corrected chi connectivity index (χ0v) is 20.3. The van der Waals surface area contributed by atoms with E-state index in [9.17, 15) is 33.6 Å². The number of rotatable bonds is 10. The second-order valence-electron chi connectivity index (χ2n) is 9.01. The molecular formula is C22H30N4O8S. The number of carbonyl (C=O) groups is 7. The predicted molar refractivity (Wildman–Crippen MR) is 122 cm³/mol. The van der Waals surface area contributed by atoms with E-state index in [0.29, 0.717) is 30.7 Å². The van der Waals surface area contributed by atoms with Crippen LogP contribution in [0.25, 0.3) is 0 Å². The molecule has 3 aliphatic rings. The van der Waals surface area contributed by atoms with Gasteiger partial charge in [-0.2, -0.15) is 0 Å².